The van der Waals surface area contributed by atoms with Crippen molar-refractivity contribution in [3.8, 4) is 10.6 Å². The largest absolute Gasteiger partial charge is 0.311 e. The molecule has 0 aliphatic heterocycles. The maximum absolute atomic E-state index is 12.9. The van der Waals surface area contributed by atoms with E-state index in [1.807, 2.05) is 5.38 Å². The lowest BCUT2D eigenvalue weighted by Gasteiger charge is -2.03. The summed E-state index contributed by atoms with van der Waals surface area (Å²) >= 11 is 1.51. The Kier molecular flexibility index (Phi) is 6.01. The fourth-order valence-electron chi connectivity index (χ4n) is 1.80. The summed E-state index contributed by atoms with van der Waals surface area (Å²) in [6, 6.07) is 6.26. The molecule has 2 aromatic rings. The minimum Gasteiger partial charge on any atom is -0.311 e. The van der Waals surface area contributed by atoms with Crippen LogP contribution in [0.15, 0.2) is 29.6 Å². The summed E-state index contributed by atoms with van der Waals surface area (Å²) in [5.41, 5.74) is 1.82. The van der Waals surface area contributed by atoms with Crippen LogP contribution in [0, 0.1) is 5.82 Å². The second-order valence-corrected chi connectivity index (χ2v) is 7.54. The van der Waals surface area contributed by atoms with Crippen LogP contribution < -0.4 is 10.0 Å². The van der Waals surface area contributed by atoms with Crippen molar-refractivity contribution in [1.29, 1.82) is 0 Å². The Morgan fingerprint density at radius 1 is 1.23 bits per heavy atom. The van der Waals surface area contributed by atoms with Gasteiger partial charge in [0.1, 0.15) is 10.8 Å². The lowest BCUT2D eigenvalue weighted by molar-refractivity contribution is 0.578. The number of halogens is 1. The predicted molar refractivity (Wildman–Crippen MR) is 86.7 cm³/mol. The van der Waals surface area contributed by atoms with E-state index in [9.17, 15) is 12.8 Å². The van der Waals surface area contributed by atoms with E-state index in [1.54, 1.807) is 12.1 Å². The van der Waals surface area contributed by atoms with E-state index in [1.165, 1.54) is 23.5 Å². The van der Waals surface area contributed by atoms with Crippen molar-refractivity contribution in [1.82, 2.24) is 15.0 Å². The molecule has 0 aliphatic carbocycles. The van der Waals surface area contributed by atoms with Crippen LogP contribution in [0.25, 0.3) is 10.6 Å². The summed E-state index contributed by atoms with van der Waals surface area (Å²) in [7, 11) is -3.11. The molecule has 120 valence electrons. The first-order chi connectivity index (χ1) is 10.4. The Bertz CT molecular complexity index is 699. The number of hydrogen-bond acceptors (Lipinski definition) is 5. The van der Waals surface area contributed by atoms with Crippen molar-refractivity contribution < 1.29 is 12.8 Å². The molecule has 0 spiro atoms. The Hall–Kier alpha value is -1.35. The van der Waals surface area contributed by atoms with Crippen LogP contribution in [0.5, 0.6) is 0 Å². The first-order valence-corrected chi connectivity index (χ1v) is 9.57. The van der Waals surface area contributed by atoms with Crippen LogP contribution in [-0.4, -0.2) is 32.7 Å². The topological polar surface area (TPSA) is 71.1 Å². The molecule has 0 unspecified atom stereocenters. The summed E-state index contributed by atoms with van der Waals surface area (Å²) in [6.45, 7) is 1.74. The molecule has 2 rings (SSSR count). The van der Waals surface area contributed by atoms with Crippen molar-refractivity contribution in [2.75, 3.05) is 19.3 Å². The van der Waals surface area contributed by atoms with E-state index in [4.69, 9.17) is 0 Å². The maximum atomic E-state index is 12.9. The van der Waals surface area contributed by atoms with Gasteiger partial charge in [0.15, 0.2) is 0 Å². The number of rotatable bonds is 8. The molecule has 0 saturated heterocycles. The number of hydrogen-bond donors (Lipinski definition) is 2. The van der Waals surface area contributed by atoms with Crippen LogP contribution >= 0.6 is 11.3 Å². The van der Waals surface area contributed by atoms with Crippen LogP contribution in [0.2, 0.25) is 0 Å². The lowest BCUT2D eigenvalue weighted by atomic mass is 10.2. The monoisotopic (exact) mass is 343 g/mol. The standard InChI is InChI=1S/C14H18FN3O2S2/c1-22(19,20)17-8-2-7-16-9-13-10-21-14(18-13)11-3-5-12(15)6-4-11/h3-6,10,16-17H,2,7-9H2,1H3. The molecular formula is C14H18FN3O2S2. The van der Waals surface area contributed by atoms with Crippen LogP contribution in [0.4, 0.5) is 4.39 Å². The van der Waals surface area contributed by atoms with Gasteiger partial charge in [0.25, 0.3) is 0 Å². The van der Waals surface area contributed by atoms with Crippen molar-refractivity contribution in [2.24, 2.45) is 0 Å². The van der Waals surface area contributed by atoms with Gasteiger partial charge in [-0.05, 0) is 37.2 Å². The number of aromatic nitrogens is 1. The predicted octanol–water partition coefficient (Wildman–Crippen LogP) is 1.98. The summed E-state index contributed by atoms with van der Waals surface area (Å²) in [6.07, 6.45) is 1.86. The van der Waals surface area contributed by atoms with E-state index in [2.05, 4.69) is 15.0 Å². The summed E-state index contributed by atoms with van der Waals surface area (Å²) in [4.78, 5) is 4.49. The Morgan fingerprint density at radius 2 is 1.95 bits per heavy atom. The Balaban J connectivity index is 1.74. The number of sulfonamides is 1. The van der Waals surface area contributed by atoms with E-state index in [0.717, 1.165) is 22.5 Å². The normalized spacial score (nSPS) is 11.7. The SMILES string of the molecule is CS(=O)(=O)NCCCNCc1csc(-c2ccc(F)cc2)n1. The van der Waals surface area contributed by atoms with Gasteiger partial charge in [-0.15, -0.1) is 11.3 Å². The molecule has 1 aromatic heterocycles. The quantitative estimate of drug-likeness (QED) is 0.719. The van der Waals surface area contributed by atoms with Crippen LogP contribution in [0.1, 0.15) is 12.1 Å². The zero-order chi connectivity index (χ0) is 16.0. The fourth-order valence-corrected chi connectivity index (χ4v) is 3.14. The molecule has 2 N–H and O–H groups in total. The van der Waals surface area contributed by atoms with Gasteiger partial charge < -0.3 is 5.32 Å². The molecule has 1 heterocycles. The Labute approximate surface area is 133 Å². The van der Waals surface area contributed by atoms with Gasteiger partial charge in [0.05, 0.1) is 11.9 Å². The Morgan fingerprint density at radius 3 is 2.64 bits per heavy atom. The average molecular weight is 343 g/mol. The number of thiazole rings is 1. The second kappa shape index (κ2) is 7.77. The summed E-state index contributed by atoms with van der Waals surface area (Å²) in [5, 5.41) is 6.03. The van der Waals surface area contributed by atoms with Gasteiger partial charge in [0.2, 0.25) is 10.0 Å². The third kappa shape index (κ3) is 5.80. The zero-order valence-corrected chi connectivity index (χ0v) is 13.8. The highest BCUT2D eigenvalue weighted by atomic mass is 32.2. The molecule has 0 aliphatic rings. The molecule has 8 heteroatoms. The van der Waals surface area contributed by atoms with Crippen LogP contribution in [0.3, 0.4) is 0 Å². The average Bonchev–Trinajstić information content (AvgIpc) is 2.91. The van der Waals surface area contributed by atoms with Gasteiger partial charge in [0, 0.05) is 24.0 Å². The molecule has 0 bridgehead atoms. The number of nitrogens with zero attached hydrogens (tertiary/aromatic N) is 1. The van der Waals surface area contributed by atoms with Gasteiger partial charge in [-0.2, -0.15) is 0 Å². The lowest BCUT2D eigenvalue weighted by Crippen LogP contribution is -2.26. The highest BCUT2D eigenvalue weighted by Crippen LogP contribution is 2.23. The third-order valence-corrected chi connectivity index (χ3v) is 4.51. The highest BCUT2D eigenvalue weighted by molar-refractivity contribution is 7.88. The van der Waals surface area contributed by atoms with Crippen molar-refractivity contribution >= 4 is 21.4 Å². The van der Waals surface area contributed by atoms with E-state index >= 15 is 0 Å². The van der Waals surface area contributed by atoms with Crippen molar-refractivity contribution in [3.05, 3.63) is 41.2 Å². The van der Waals surface area contributed by atoms with Gasteiger partial charge >= 0.3 is 0 Å². The van der Waals surface area contributed by atoms with Gasteiger partial charge in [-0.3, -0.25) is 0 Å². The zero-order valence-electron chi connectivity index (χ0n) is 12.2. The minimum atomic E-state index is -3.11. The molecule has 1 aromatic carbocycles. The second-order valence-electron chi connectivity index (χ2n) is 4.85. The fraction of sp³-hybridized carbons (Fsp3) is 0.357. The van der Waals surface area contributed by atoms with Gasteiger partial charge in [-0.1, -0.05) is 0 Å². The van der Waals surface area contributed by atoms with Crippen molar-refractivity contribution in [2.45, 2.75) is 13.0 Å². The van der Waals surface area contributed by atoms with E-state index in [0.29, 0.717) is 26.1 Å². The molecule has 0 atom stereocenters. The molecule has 0 fully saturated rings. The first kappa shape index (κ1) is 17.0. The van der Waals surface area contributed by atoms with E-state index in [-0.39, 0.29) is 5.82 Å². The maximum Gasteiger partial charge on any atom is 0.208 e. The molecule has 0 amide bonds. The van der Waals surface area contributed by atoms with Crippen LogP contribution in [-0.2, 0) is 16.6 Å². The molecule has 0 saturated carbocycles. The smallest absolute Gasteiger partial charge is 0.208 e. The highest BCUT2D eigenvalue weighted by Gasteiger charge is 2.05. The molecule has 5 nitrogen and oxygen atoms in total. The minimum absolute atomic E-state index is 0.259. The number of benzene rings is 1. The van der Waals surface area contributed by atoms with Crippen molar-refractivity contribution in [3.63, 3.8) is 0 Å². The summed E-state index contributed by atoms with van der Waals surface area (Å²) < 4.78 is 37.1. The van der Waals surface area contributed by atoms with E-state index < -0.39 is 10.0 Å². The molecule has 22 heavy (non-hydrogen) atoms. The summed E-state index contributed by atoms with van der Waals surface area (Å²) in [5.74, 6) is -0.259. The first-order valence-electron chi connectivity index (χ1n) is 6.80. The molecular weight excluding hydrogens is 325 g/mol. The third-order valence-electron chi connectivity index (χ3n) is 2.84. The van der Waals surface area contributed by atoms with Gasteiger partial charge in [-0.25, -0.2) is 22.5 Å². The molecule has 0 radical (unpaired) electrons. The number of nitrogens with one attached hydrogen (secondary N) is 2.